The maximum absolute atomic E-state index is 13.0. The molecule has 1 aliphatic heterocycles. The van der Waals surface area contributed by atoms with E-state index in [9.17, 15) is 8.42 Å². The fourth-order valence-corrected chi connectivity index (χ4v) is 4.83. The van der Waals surface area contributed by atoms with E-state index in [4.69, 9.17) is 9.26 Å². The molecule has 1 atom stereocenters. The number of sulfonamides is 1. The summed E-state index contributed by atoms with van der Waals surface area (Å²) in [5, 5.41) is 4.02. The summed E-state index contributed by atoms with van der Waals surface area (Å²) in [6.45, 7) is 2.89. The molecule has 2 heterocycles. The number of nitrogens with zero attached hydrogens (tertiary/aromatic N) is 3. The first-order valence-corrected chi connectivity index (χ1v) is 10.1. The van der Waals surface area contributed by atoms with Crippen molar-refractivity contribution >= 4 is 10.0 Å². The zero-order valence-electron chi connectivity index (χ0n) is 14.1. The Balaban J connectivity index is 1.59. The number of hydrogen-bond acceptors (Lipinski definition) is 6. The molecular formula is C17H21N3O4S. The molecule has 0 spiro atoms. The van der Waals surface area contributed by atoms with Crippen LogP contribution in [0.1, 0.15) is 56.3 Å². The van der Waals surface area contributed by atoms with Gasteiger partial charge in [-0.25, -0.2) is 8.42 Å². The normalized spacial score (nSPS) is 21.6. The molecule has 1 aromatic carbocycles. The average Bonchev–Trinajstić information content (AvgIpc) is 3.13. The Labute approximate surface area is 147 Å². The topological polar surface area (TPSA) is 85.5 Å². The van der Waals surface area contributed by atoms with E-state index in [0.717, 1.165) is 19.3 Å². The Morgan fingerprint density at radius 2 is 2.00 bits per heavy atom. The Bertz CT molecular complexity index is 843. The predicted octanol–water partition coefficient (Wildman–Crippen LogP) is 2.87. The third kappa shape index (κ3) is 3.16. The molecule has 134 valence electrons. The summed E-state index contributed by atoms with van der Waals surface area (Å²) in [4.78, 5) is 4.70. The molecule has 0 bridgehead atoms. The van der Waals surface area contributed by atoms with Gasteiger partial charge in [-0.1, -0.05) is 5.16 Å². The summed E-state index contributed by atoms with van der Waals surface area (Å²) in [5.41, 5.74) is 0. The molecule has 1 aliphatic carbocycles. The Morgan fingerprint density at radius 3 is 2.68 bits per heavy atom. The molecule has 1 saturated carbocycles. The van der Waals surface area contributed by atoms with E-state index in [0.29, 0.717) is 43.0 Å². The summed E-state index contributed by atoms with van der Waals surface area (Å²) in [7, 11) is -3.61. The van der Waals surface area contributed by atoms with Gasteiger partial charge < -0.3 is 9.26 Å². The number of hydrogen-bond donors (Lipinski definition) is 0. The average molecular weight is 363 g/mol. The highest BCUT2D eigenvalue weighted by molar-refractivity contribution is 7.89. The van der Waals surface area contributed by atoms with E-state index < -0.39 is 10.0 Å². The van der Waals surface area contributed by atoms with Crippen LogP contribution in [0, 0.1) is 0 Å². The molecule has 1 aromatic heterocycles. The summed E-state index contributed by atoms with van der Waals surface area (Å²) in [6.07, 6.45) is 3.64. The monoisotopic (exact) mass is 363 g/mol. The zero-order chi connectivity index (χ0) is 17.4. The molecule has 2 aromatic rings. The first-order valence-electron chi connectivity index (χ1n) is 8.68. The Hall–Kier alpha value is -1.93. The molecule has 2 aliphatic rings. The minimum Gasteiger partial charge on any atom is -0.494 e. The van der Waals surface area contributed by atoms with Gasteiger partial charge in [0.05, 0.1) is 11.5 Å². The molecule has 8 heteroatoms. The molecule has 0 N–H and O–H groups in total. The lowest BCUT2D eigenvalue weighted by Gasteiger charge is -2.21. The van der Waals surface area contributed by atoms with Crippen molar-refractivity contribution in [3.05, 3.63) is 36.0 Å². The van der Waals surface area contributed by atoms with Crippen molar-refractivity contribution in [1.82, 2.24) is 14.4 Å². The van der Waals surface area contributed by atoms with Gasteiger partial charge in [0.15, 0.2) is 5.82 Å². The predicted molar refractivity (Wildman–Crippen MR) is 89.8 cm³/mol. The number of benzene rings is 1. The van der Waals surface area contributed by atoms with Crippen LogP contribution >= 0.6 is 0 Å². The molecule has 2 fully saturated rings. The first kappa shape index (κ1) is 16.5. The Kier molecular flexibility index (Phi) is 4.24. The van der Waals surface area contributed by atoms with Gasteiger partial charge in [0.25, 0.3) is 0 Å². The van der Waals surface area contributed by atoms with E-state index in [1.807, 2.05) is 6.92 Å². The van der Waals surface area contributed by atoms with Crippen molar-refractivity contribution in [2.45, 2.75) is 49.5 Å². The Morgan fingerprint density at radius 1 is 1.24 bits per heavy atom. The van der Waals surface area contributed by atoms with Gasteiger partial charge in [-0.15, -0.1) is 0 Å². The highest BCUT2D eigenvalue weighted by Gasteiger charge is 2.40. The molecule has 25 heavy (non-hydrogen) atoms. The summed E-state index contributed by atoms with van der Waals surface area (Å²) in [6, 6.07) is 6.15. The quantitative estimate of drug-likeness (QED) is 0.784. The second kappa shape index (κ2) is 6.42. The number of ether oxygens (including phenoxy) is 1. The fraction of sp³-hybridized carbons (Fsp3) is 0.529. The molecule has 1 unspecified atom stereocenters. The van der Waals surface area contributed by atoms with E-state index in [1.54, 1.807) is 24.3 Å². The van der Waals surface area contributed by atoms with Crippen molar-refractivity contribution < 1.29 is 17.7 Å². The van der Waals surface area contributed by atoms with Crippen LogP contribution < -0.4 is 4.74 Å². The SMILES string of the molecule is CCOc1ccc(S(=O)(=O)N2CCCC2c2nc(C3CC3)no2)cc1. The van der Waals surface area contributed by atoms with Crippen LogP contribution in [-0.2, 0) is 10.0 Å². The molecule has 0 amide bonds. The van der Waals surface area contributed by atoms with Gasteiger partial charge in [0, 0.05) is 12.5 Å². The third-order valence-electron chi connectivity index (χ3n) is 4.63. The van der Waals surface area contributed by atoms with Gasteiger partial charge in [0.2, 0.25) is 15.9 Å². The van der Waals surface area contributed by atoms with Crippen LogP contribution in [-0.4, -0.2) is 36.0 Å². The van der Waals surface area contributed by atoms with Crippen molar-refractivity contribution in [1.29, 1.82) is 0 Å². The first-order chi connectivity index (χ1) is 12.1. The van der Waals surface area contributed by atoms with Crippen LogP contribution in [0.25, 0.3) is 0 Å². The minimum atomic E-state index is -3.61. The van der Waals surface area contributed by atoms with Crippen molar-refractivity contribution in [3.8, 4) is 5.75 Å². The van der Waals surface area contributed by atoms with Crippen LogP contribution in [0.3, 0.4) is 0 Å². The molecule has 0 radical (unpaired) electrons. The lowest BCUT2D eigenvalue weighted by Crippen LogP contribution is -2.30. The van der Waals surface area contributed by atoms with Crippen molar-refractivity contribution in [2.75, 3.05) is 13.2 Å². The van der Waals surface area contributed by atoms with Crippen molar-refractivity contribution in [3.63, 3.8) is 0 Å². The number of rotatable bonds is 6. The molecular weight excluding hydrogens is 342 g/mol. The van der Waals surface area contributed by atoms with Gasteiger partial charge in [-0.05, 0) is 56.9 Å². The lowest BCUT2D eigenvalue weighted by atomic mass is 10.2. The smallest absolute Gasteiger partial charge is 0.245 e. The second-order valence-corrected chi connectivity index (χ2v) is 8.33. The zero-order valence-corrected chi connectivity index (χ0v) is 14.9. The van der Waals surface area contributed by atoms with Gasteiger partial charge in [0.1, 0.15) is 11.8 Å². The van der Waals surface area contributed by atoms with Crippen LogP contribution in [0.15, 0.2) is 33.7 Å². The third-order valence-corrected chi connectivity index (χ3v) is 6.55. The van der Waals surface area contributed by atoms with E-state index in [-0.39, 0.29) is 10.9 Å². The van der Waals surface area contributed by atoms with Gasteiger partial charge >= 0.3 is 0 Å². The summed E-state index contributed by atoms with van der Waals surface area (Å²) >= 11 is 0. The highest BCUT2D eigenvalue weighted by atomic mass is 32.2. The standard InChI is InChI=1S/C17H21N3O4S/c1-2-23-13-7-9-14(10-8-13)25(21,22)20-11-3-4-15(20)17-18-16(19-24-17)12-5-6-12/h7-10,12,15H,2-6,11H2,1H3. The van der Waals surface area contributed by atoms with Crippen molar-refractivity contribution in [2.24, 2.45) is 0 Å². The fourth-order valence-electron chi connectivity index (χ4n) is 3.17. The largest absolute Gasteiger partial charge is 0.494 e. The minimum absolute atomic E-state index is 0.254. The van der Waals surface area contributed by atoms with Gasteiger partial charge in [-0.3, -0.25) is 0 Å². The van der Waals surface area contributed by atoms with Crippen LogP contribution in [0.4, 0.5) is 0 Å². The van der Waals surface area contributed by atoms with Crippen LogP contribution in [0.2, 0.25) is 0 Å². The highest BCUT2D eigenvalue weighted by Crippen LogP contribution is 2.40. The maximum Gasteiger partial charge on any atom is 0.245 e. The summed E-state index contributed by atoms with van der Waals surface area (Å²) < 4.78 is 38.3. The van der Waals surface area contributed by atoms with E-state index >= 15 is 0 Å². The molecule has 4 rings (SSSR count). The van der Waals surface area contributed by atoms with E-state index in [2.05, 4.69) is 10.1 Å². The second-order valence-electron chi connectivity index (χ2n) is 6.44. The van der Waals surface area contributed by atoms with Gasteiger partial charge in [-0.2, -0.15) is 9.29 Å². The van der Waals surface area contributed by atoms with E-state index in [1.165, 1.54) is 4.31 Å². The molecule has 7 nitrogen and oxygen atoms in total. The molecule has 1 saturated heterocycles. The maximum atomic E-state index is 13.0. The van der Waals surface area contributed by atoms with Crippen LogP contribution in [0.5, 0.6) is 5.75 Å². The summed E-state index contributed by atoms with van der Waals surface area (Å²) in [5.74, 6) is 2.16. The lowest BCUT2D eigenvalue weighted by molar-refractivity contribution is 0.289. The number of aromatic nitrogens is 2.